The number of hydrogen-bond donors (Lipinski definition) is 0. The molecule has 2 heteroatoms. The van der Waals surface area contributed by atoms with Crippen molar-refractivity contribution in [2.24, 2.45) is 5.41 Å². The molecule has 0 aromatic carbocycles. The summed E-state index contributed by atoms with van der Waals surface area (Å²) in [6.45, 7) is 2.39. The van der Waals surface area contributed by atoms with E-state index in [2.05, 4.69) is 0 Å². The molecule has 3 fully saturated rings. The molecule has 3 rings (SSSR count). The van der Waals surface area contributed by atoms with Crippen molar-refractivity contribution in [3.8, 4) is 0 Å². The molecule has 2 saturated heterocycles. The third kappa shape index (κ3) is 1.00. The van der Waals surface area contributed by atoms with Crippen molar-refractivity contribution in [2.45, 2.75) is 38.7 Å². The molecule has 0 N–H and O–H groups in total. The lowest BCUT2D eigenvalue weighted by Crippen LogP contribution is -2.46. The predicted octanol–water partition coefficient (Wildman–Crippen LogP) is 1.53. The van der Waals surface area contributed by atoms with Crippen LogP contribution in [0.5, 0.6) is 0 Å². The van der Waals surface area contributed by atoms with Gasteiger partial charge in [0.15, 0.2) is 0 Å². The van der Waals surface area contributed by atoms with Crippen molar-refractivity contribution >= 4 is 5.78 Å². The van der Waals surface area contributed by atoms with Crippen molar-refractivity contribution in [3.05, 3.63) is 0 Å². The highest BCUT2D eigenvalue weighted by Crippen LogP contribution is 2.43. The highest BCUT2D eigenvalue weighted by Gasteiger charge is 2.44. The van der Waals surface area contributed by atoms with Crippen LogP contribution in [0.4, 0.5) is 0 Å². The summed E-state index contributed by atoms with van der Waals surface area (Å²) in [7, 11) is 0. The lowest BCUT2D eigenvalue weighted by Gasteiger charge is -2.44. The Hall–Kier alpha value is -0.370. The molecule has 0 radical (unpaired) electrons. The molecule has 0 amide bonds. The number of hydrogen-bond acceptors (Lipinski definition) is 2. The van der Waals surface area contributed by atoms with Crippen LogP contribution in [0, 0.1) is 5.41 Å². The Morgan fingerprint density at radius 2 is 2.09 bits per heavy atom. The predicted molar refractivity (Wildman–Crippen MR) is 41.3 cm³/mol. The summed E-state index contributed by atoms with van der Waals surface area (Å²) < 4.78 is 5.52. The van der Waals surface area contributed by atoms with E-state index in [-0.39, 0.29) is 5.41 Å². The van der Waals surface area contributed by atoms with Gasteiger partial charge in [-0.15, -0.1) is 0 Å². The minimum absolute atomic E-state index is 0.0747. The van der Waals surface area contributed by atoms with Crippen LogP contribution in [0.2, 0.25) is 0 Å². The SMILES string of the molecule is CC(=O)C12CCC(CC1)OC2. The van der Waals surface area contributed by atoms with Gasteiger partial charge in [0.05, 0.1) is 18.1 Å². The number of carbonyl (C=O) groups excluding carboxylic acids is 1. The summed E-state index contributed by atoms with van der Waals surface area (Å²) in [5, 5.41) is 0. The average Bonchev–Trinajstić information content (AvgIpc) is 2.08. The lowest BCUT2D eigenvalue weighted by molar-refractivity contribution is -0.152. The first-order valence-electron chi connectivity index (χ1n) is 4.36. The molecular formula is C9H14O2. The molecule has 0 aromatic heterocycles. The van der Waals surface area contributed by atoms with Gasteiger partial charge in [-0.1, -0.05) is 0 Å². The summed E-state index contributed by atoms with van der Waals surface area (Å²) in [5.41, 5.74) is -0.0747. The molecule has 2 bridgehead atoms. The van der Waals surface area contributed by atoms with Crippen molar-refractivity contribution < 1.29 is 9.53 Å². The number of ketones is 1. The maximum atomic E-state index is 11.3. The first-order valence-corrected chi connectivity index (χ1v) is 4.36. The second-order valence-electron chi connectivity index (χ2n) is 3.85. The van der Waals surface area contributed by atoms with Crippen molar-refractivity contribution in [1.29, 1.82) is 0 Å². The molecule has 2 heterocycles. The molecule has 0 aromatic rings. The van der Waals surface area contributed by atoms with Crippen LogP contribution in [0.25, 0.3) is 0 Å². The zero-order valence-electron chi connectivity index (χ0n) is 6.93. The Morgan fingerprint density at radius 3 is 2.36 bits per heavy atom. The molecule has 2 nitrogen and oxygen atoms in total. The van der Waals surface area contributed by atoms with E-state index in [0.717, 1.165) is 25.7 Å². The largest absolute Gasteiger partial charge is 0.377 e. The number of fused-ring (bicyclic) bond motifs is 3. The Morgan fingerprint density at radius 1 is 1.45 bits per heavy atom. The average molecular weight is 154 g/mol. The summed E-state index contributed by atoms with van der Waals surface area (Å²) in [6, 6.07) is 0. The van der Waals surface area contributed by atoms with Crippen molar-refractivity contribution in [3.63, 3.8) is 0 Å². The number of rotatable bonds is 1. The molecule has 0 spiro atoms. The first-order chi connectivity index (χ1) is 5.23. The van der Waals surface area contributed by atoms with Gasteiger partial charge in [0.1, 0.15) is 5.78 Å². The summed E-state index contributed by atoms with van der Waals surface area (Å²) in [6.07, 6.45) is 4.79. The third-order valence-electron chi connectivity index (χ3n) is 3.23. The highest BCUT2D eigenvalue weighted by atomic mass is 16.5. The van der Waals surface area contributed by atoms with Gasteiger partial charge in [0.2, 0.25) is 0 Å². The van der Waals surface area contributed by atoms with E-state index >= 15 is 0 Å². The maximum absolute atomic E-state index is 11.3. The number of Topliss-reactive ketones (excluding diaryl/α,β-unsaturated/α-hetero) is 1. The van der Waals surface area contributed by atoms with Crippen LogP contribution in [0.3, 0.4) is 0 Å². The summed E-state index contributed by atoms with van der Waals surface area (Å²) in [5.74, 6) is 0.329. The number of ether oxygens (including phenoxy) is 1. The molecule has 1 aliphatic carbocycles. The first kappa shape index (κ1) is 7.29. The standard InChI is InChI=1S/C9H14O2/c1-7(10)9-4-2-8(3-5-9)11-6-9/h8H,2-6H2,1H3. The fourth-order valence-electron chi connectivity index (χ4n) is 2.19. The topological polar surface area (TPSA) is 26.3 Å². The molecule has 1 saturated carbocycles. The maximum Gasteiger partial charge on any atom is 0.138 e. The molecule has 2 aliphatic heterocycles. The van der Waals surface area contributed by atoms with Gasteiger partial charge < -0.3 is 4.74 Å². The highest BCUT2D eigenvalue weighted by molar-refractivity contribution is 5.82. The zero-order valence-corrected chi connectivity index (χ0v) is 6.93. The Kier molecular flexibility index (Phi) is 1.53. The van der Waals surface area contributed by atoms with Gasteiger partial charge in [0, 0.05) is 0 Å². The van der Waals surface area contributed by atoms with E-state index < -0.39 is 0 Å². The minimum atomic E-state index is -0.0747. The van der Waals surface area contributed by atoms with Gasteiger partial charge in [0.25, 0.3) is 0 Å². The van der Waals surface area contributed by atoms with Crippen LogP contribution in [0.15, 0.2) is 0 Å². The minimum Gasteiger partial charge on any atom is -0.377 e. The summed E-state index contributed by atoms with van der Waals surface area (Å²) >= 11 is 0. The van der Waals surface area contributed by atoms with E-state index in [1.54, 1.807) is 6.92 Å². The van der Waals surface area contributed by atoms with Crippen molar-refractivity contribution in [1.82, 2.24) is 0 Å². The molecule has 0 unspecified atom stereocenters. The van der Waals surface area contributed by atoms with Gasteiger partial charge in [-0.3, -0.25) is 4.79 Å². The van der Waals surface area contributed by atoms with Gasteiger partial charge >= 0.3 is 0 Å². The van der Waals surface area contributed by atoms with Gasteiger partial charge in [-0.05, 0) is 32.6 Å². The van der Waals surface area contributed by atoms with Crippen LogP contribution in [-0.2, 0) is 9.53 Å². The fraction of sp³-hybridized carbons (Fsp3) is 0.889. The van der Waals surface area contributed by atoms with E-state index in [1.165, 1.54) is 0 Å². The Labute approximate surface area is 66.9 Å². The zero-order chi connectivity index (χ0) is 7.90. The van der Waals surface area contributed by atoms with Crippen molar-refractivity contribution in [2.75, 3.05) is 6.61 Å². The van der Waals surface area contributed by atoms with Gasteiger partial charge in [-0.25, -0.2) is 0 Å². The fourth-order valence-corrected chi connectivity index (χ4v) is 2.19. The van der Waals surface area contributed by atoms with Crippen LogP contribution >= 0.6 is 0 Å². The Bertz CT molecular complexity index is 164. The number of carbonyl (C=O) groups is 1. The quantitative estimate of drug-likeness (QED) is 0.572. The second-order valence-corrected chi connectivity index (χ2v) is 3.85. The van der Waals surface area contributed by atoms with Crippen LogP contribution < -0.4 is 0 Å². The molecule has 0 atom stereocenters. The van der Waals surface area contributed by atoms with E-state index in [1.807, 2.05) is 0 Å². The van der Waals surface area contributed by atoms with E-state index in [9.17, 15) is 4.79 Å². The third-order valence-corrected chi connectivity index (χ3v) is 3.23. The lowest BCUT2D eigenvalue weighted by atomic mass is 9.69. The normalized spacial score (nSPS) is 42.5. The smallest absolute Gasteiger partial charge is 0.138 e. The molecule has 11 heavy (non-hydrogen) atoms. The summed E-state index contributed by atoms with van der Waals surface area (Å²) in [4.78, 5) is 11.3. The van der Waals surface area contributed by atoms with E-state index in [0.29, 0.717) is 18.5 Å². The van der Waals surface area contributed by atoms with Crippen LogP contribution in [-0.4, -0.2) is 18.5 Å². The van der Waals surface area contributed by atoms with E-state index in [4.69, 9.17) is 4.74 Å². The molecular weight excluding hydrogens is 140 g/mol. The second kappa shape index (κ2) is 2.31. The van der Waals surface area contributed by atoms with Gasteiger partial charge in [-0.2, -0.15) is 0 Å². The Balaban J connectivity index is 2.18. The molecule has 3 aliphatic rings. The van der Waals surface area contributed by atoms with Crippen LogP contribution in [0.1, 0.15) is 32.6 Å². The molecule has 62 valence electrons. The monoisotopic (exact) mass is 154 g/mol.